The van der Waals surface area contributed by atoms with Gasteiger partial charge in [-0.15, -0.1) is 0 Å². The Balaban J connectivity index is 0.000000794. The molecule has 0 aromatic heterocycles. The van der Waals surface area contributed by atoms with Crippen LogP contribution in [0.3, 0.4) is 0 Å². The van der Waals surface area contributed by atoms with Crippen molar-refractivity contribution in [3.63, 3.8) is 0 Å². The molecule has 0 saturated carbocycles. The van der Waals surface area contributed by atoms with Gasteiger partial charge in [-0.2, -0.15) is 17.5 Å². The lowest BCUT2D eigenvalue weighted by Gasteiger charge is -2.46. The fourth-order valence-corrected chi connectivity index (χ4v) is 6.24. The predicted octanol–water partition coefficient (Wildman–Crippen LogP) is -0.183. The fourth-order valence-electron chi connectivity index (χ4n) is 4.40. The number of quaternary nitrogens is 2. The van der Waals surface area contributed by atoms with E-state index in [1.54, 1.807) is 18.2 Å². The highest BCUT2D eigenvalue weighted by Gasteiger charge is 2.47. The summed E-state index contributed by atoms with van der Waals surface area (Å²) in [5.74, 6) is -0.802. The fraction of sp³-hybridized carbons (Fsp3) is 0.680. The number of hydrogen-bond acceptors (Lipinski definition) is 9. The van der Waals surface area contributed by atoms with Gasteiger partial charge >= 0.3 is 18.2 Å². The average molecular weight is 696 g/mol. The first-order valence-corrected chi connectivity index (χ1v) is 16.6. The number of ether oxygens (including phenoxy) is 2. The number of carboxylic acid groups (broad SMARTS) is 1. The molecular weight excluding hydrogens is 652 g/mol. The van der Waals surface area contributed by atoms with Crippen LogP contribution in [0.15, 0.2) is 35.2 Å². The van der Waals surface area contributed by atoms with Gasteiger partial charge in [0.25, 0.3) is 7.82 Å². The van der Waals surface area contributed by atoms with Crippen LogP contribution in [-0.4, -0.2) is 110 Å². The summed E-state index contributed by atoms with van der Waals surface area (Å²) >= 11 is 0. The molecule has 3 rings (SSSR count). The molecule has 1 spiro atoms. The van der Waals surface area contributed by atoms with Crippen molar-refractivity contribution in [3.8, 4) is 0 Å². The number of aliphatic carboxylic acids is 1. The van der Waals surface area contributed by atoms with E-state index in [9.17, 15) is 40.6 Å². The molecule has 2 aliphatic rings. The van der Waals surface area contributed by atoms with Gasteiger partial charge in [0.05, 0.1) is 23.6 Å². The first-order chi connectivity index (χ1) is 20.4. The highest BCUT2D eigenvalue weighted by molar-refractivity contribution is 7.89. The first kappa shape index (κ1) is 40.7. The van der Waals surface area contributed by atoms with Gasteiger partial charge in [0.1, 0.15) is 6.61 Å². The summed E-state index contributed by atoms with van der Waals surface area (Å²) in [5, 5.41) is 8.40. The molecule has 1 amide bonds. The van der Waals surface area contributed by atoms with Gasteiger partial charge in [-0.3, -0.25) is 4.57 Å². The molecule has 15 nitrogen and oxygen atoms in total. The number of carbonyl (C=O) groups is 2. The van der Waals surface area contributed by atoms with E-state index in [1.807, 2.05) is 0 Å². The normalized spacial score (nSPS) is 19.7. The molecule has 8 N–H and O–H groups in total. The molecule has 0 radical (unpaired) electrons. The maximum atomic E-state index is 13.1. The number of hydrogen-bond donors (Lipinski definition) is 4. The van der Waals surface area contributed by atoms with E-state index >= 15 is 0 Å². The van der Waals surface area contributed by atoms with E-state index < -0.39 is 60.4 Å². The van der Waals surface area contributed by atoms with Crippen molar-refractivity contribution in [2.24, 2.45) is 0 Å². The van der Waals surface area contributed by atoms with Gasteiger partial charge in [-0.05, 0) is 37.8 Å². The van der Waals surface area contributed by atoms with Crippen molar-refractivity contribution in [3.05, 3.63) is 30.3 Å². The summed E-state index contributed by atoms with van der Waals surface area (Å²) in [6.07, 6.45) is -6.54. The number of phosphoric acid groups is 1. The van der Waals surface area contributed by atoms with Crippen LogP contribution in [0, 0.1) is 0 Å². The number of benzene rings is 1. The summed E-state index contributed by atoms with van der Waals surface area (Å²) in [6, 6.07) is 7.39. The number of likely N-dealkylation sites (tertiary alicyclic amines) is 1. The Morgan fingerprint density at radius 3 is 2.27 bits per heavy atom. The minimum atomic E-state index is -5.45. The zero-order valence-corrected chi connectivity index (χ0v) is 25.6. The maximum Gasteiger partial charge on any atom is 0.427 e. The lowest BCUT2D eigenvalue weighted by molar-refractivity contribution is -0.410. The number of carboxylic acids is 1. The molecule has 2 fully saturated rings. The number of rotatable bonds is 11. The number of alkyl halides is 3. The van der Waals surface area contributed by atoms with Crippen LogP contribution < -0.4 is 16.4 Å². The van der Waals surface area contributed by atoms with Gasteiger partial charge in [0, 0.05) is 32.6 Å². The minimum Gasteiger partial charge on any atom is -0.756 e. The molecule has 2 saturated heterocycles. The largest absolute Gasteiger partial charge is 0.756 e. The van der Waals surface area contributed by atoms with E-state index in [2.05, 4.69) is 20.7 Å². The average Bonchev–Trinajstić information content (AvgIpc) is 2.95. The Bertz CT molecular complexity index is 1230. The van der Waals surface area contributed by atoms with Crippen molar-refractivity contribution in [2.75, 3.05) is 45.9 Å². The monoisotopic (exact) mass is 695 g/mol. The standard InChI is InChI=1S/C18H24F3N2O9PS.C6H14N2O2.CH4/c19-18(20,21)15(12-31-33(25,26)27)32-16(24)22-8-6-17(7-9-22)13-23(10-11-30-17)34(28,29)14-4-2-1-3-5-14;7-4-2-1-3-5(8)6(9)10;/h1-5,15H,6-13H2,(H2,25,26,27);5H,1-4,7-8H2,(H,9,10);1H4/p+1/t15-;5-;/m10./s1. The van der Waals surface area contributed by atoms with Crippen molar-refractivity contribution < 1.29 is 76.1 Å². The second kappa shape index (κ2) is 17.5. The third kappa shape index (κ3) is 13.1. The van der Waals surface area contributed by atoms with Gasteiger partial charge in [0.15, 0.2) is 6.04 Å². The van der Waals surface area contributed by atoms with Crippen LogP contribution in [0.4, 0.5) is 18.0 Å². The molecule has 2 heterocycles. The number of halogens is 3. The van der Waals surface area contributed by atoms with Gasteiger partial charge in [-0.25, -0.2) is 18.0 Å². The molecule has 0 aliphatic carbocycles. The van der Waals surface area contributed by atoms with E-state index in [1.165, 1.54) is 16.4 Å². The van der Waals surface area contributed by atoms with E-state index in [-0.39, 0.29) is 57.9 Å². The number of phosphoric ester groups is 1. The molecule has 0 bridgehead atoms. The van der Waals surface area contributed by atoms with Crippen LogP contribution >= 0.6 is 7.82 Å². The Morgan fingerprint density at radius 1 is 1.16 bits per heavy atom. The zero-order valence-electron chi connectivity index (χ0n) is 23.9. The summed E-state index contributed by atoms with van der Waals surface area (Å²) in [5.41, 5.74) is 6.23. The summed E-state index contributed by atoms with van der Waals surface area (Å²) in [4.78, 5) is 42.7. The van der Waals surface area contributed by atoms with Crippen LogP contribution in [0.5, 0.6) is 0 Å². The van der Waals surface area contributed by atoms with Crippen molar-refractivity contribution in [1.82, 2.24) is 9.21 Å². The number of morpholine rings is 1. The second-order valence-corrected chi connectivity index (χ2v) is 13.4. The molecule has 2 aliphatic heterocycles. The molecular formula is C25H43F3N4O11PS+. The highest BCUT2D eigenvalue weighted by atomic mass is 32.2. The number of piperidine rings is 1. The SMILES string of the molecule is C.O=C(O[C@H](COP(=O)([O-])O)C(F)(F)F)N1CCC2(CC1)CN(S(=O)(=O)c1ccccc1)CCO2.[NH3+]CCCC[C@H]([NH3+])C(=O)O. The second-order valence-electron chi connectivity index (χ2n) is 10.2. The molecule has 1 aromatic rings. The smallest absolute Gasteiger partial charge is 0.427 e. The van der Waals surface area contributed by atoms with E-state index in [0.717, 1.165) is 24.3 Å². The number of unbranched alkanes of at least 4 members (excludes halogenated alkanes) is 1. The van der Waals surface area contributed by atoms with Crippen molar-refractivity contribution in [2.45, 2.75) is 68.3 Å². The van der Waals surface area contributed by atoms with Crippen molar-refractivity contribution >= 4 is 29.9 Å². The van der Waals surface area contributed by atoms with Crippen molar-refractivity contribution in [1.29, 1.82) is 0 Å². The molecule has 20 heteroatoms. The van der Waals surface area contributed by atoms with Crippen LogP contribution in [0.1, 0.15) is 39.5 Å². The van der Waals surface area contributed by atoms with Gasteiger partial charge < -0.3 is 45.3 Å². The number of nitrogens with zero attached hydrogens (tertiary/aromatic N) is 2. The summed E-state index contributed by atoms with van der Waals surface area (Å²) in [6.45, 7) is -0.645. The van der Waals surface area contributed by atoms with E-state index in [4.69, 9.17) is 14.7 Å². The van der Waals surface area contributed by atoms with Gasteiger partial charge in [-0.1, -0.05) is 25.6 Å². The number of carbonyl (C=O) groups excluding carboxylic acids is 1. The molecule has 1 aromatic carbocycles. The first-order valence-electron chi connectivity index (χ1n) is 13.6. The predicted molar refractivity (Wildman–Crippen MR) is 149 cm³/mol. The topological polar surface area (TPSA) is 238 Å². The Kier molecular flexibility index (Phi) is 15.8. The minimum absolute atomic E-state index is 0. The zero-order chi connectivity index (χ0) is 33.2. The maximum absolute atomic E-state index is 13.1. The lowest BCUT2D eigenvalue weighted by Crippen LogP contribution is -2.64. The lowest BCUT2D eigenvalue weighted by atomic mass is 9.90. The summed E-state index contributed by atoms with van der Waals surface area (Å²) < 4.78 is 90.9. The summed E-state index contributed by atoms with van der Waals surface area (Å²) in [7, 11) is -9.23. The molecule has 45 heavy (non-hydrogen) atoms. The Labute approximate surface area is 259 Å². The van der Waals surface area contributed by atoms with Gasteiger partial charge in [0.2, 0.25) is 16.1 Å². The Morgan fingerprint density at radius 2 is 1.76 bits per heavy atom. The van der Waals surface area contributed by atoms with Crippen LogP contribution in [0.25, 0.3) is 0 Å². The third-order valence-corrected chi connectivity index (χ3v) is 9.26. The van der Waals surface area contributed by atoms with E-state index in [0.29, 0.717) is 6.42 Å². The van der Waals surface area contributed by atoms with Crippen LogP contribution in [-0.2, 0) is 33.4 Å². The third-order valence-electron chi connectivity index (χ3n) is 6.93. The molecule has 260 valence electrons. The molecule has 3 atom stereocenters. The molecule has 1 unspecified atom stereocenters. The highest BCUT2D eigenvalue weighted by Crippen LogP contribution is 2.35. The number of sulfonamides is 1. The number of amides is 1. The van der Waals surface area contributed by atoms with Crippen LogP contribution in [0.2, 0.25) is 0 Å². The quantitative estimate of drug-likeness (QED) is 0.175. The Hall–Kier alpha value is -2.35.